The average molecular weight is 908 g/mol. The van der Waals surface area contributed by atoms with Gasteiger partial charge in [-0.25, -0.2) is 0 Å². The molecule has 0 saturated heterocycles. The number of rotatable bonds is 8. The molecule has 0 aliphatic heterocycles. The minimum atomic E-state index is -2.80. The molecular formula is C66H45N3Si. The lowest BCUT2D eigenvalue weighted by molar-refractivity contribution is 1.17. The van der Waals surface area contributed by atoms with Crippen LogP contribution in [0.15, 0.2) is 273 Å². The highest BCUT2D eigenvalue weighted by molar-refractivity contribution is 7.19. The summed E-state index contributed by atoms with van der Waals surface area (Å²) in [4.78, 5) is 0. The molecule has 0 spiro atoms. The van der Waals surface area contributed by atoms with Crippen LogP contribution in [0.2, 0.25) is 0 Å². The smallest absolute Gasteiger partial charge is 0.179 e. The van der Waals surface area contributed by atoms with Crippen LogP contribution in [0.5, 0.6) is 0 Å². The van der Waals surface area contributed by atoms with Crippen LogP contribution in [-0.4, -0.2) is 21.8 Å². The van der Waals surface area contributed by atoms with E-state index >= 15 is 0 Å². The van der Waals surface area contributed by atoms with Gasteiger partial charge in [0.15, 0.2) is 8.07 Å². The van der Waals surface area contributed by atoms with Crippen molar-refractivity contribution in [2.24, 2.45) is 0 Å². The molecule has 0 amide bonds. The minimum Gasteiger partial charge on any atom is -0.309 e. The van der Waals surface area contributed by atoms with Crippen LogP contribution >= 0.6 is 0 Å². The normalized spacial score (nSPS) is 12.0. The lowest BCUT2D eigenvalue weighted by Crippen LogP contribution is -2.74. The molecule has 3 nitrogen and oxygen atoms in total. The SMILES string of the molecule is c1ccc(-n2c3ccccc3c3cccc(-c4ccc5c6ccccc6n(-c6cccc7c6c6ccccc6n7-c6cccc([Si](c7ccccc7)(c7ccccc7)c7ccccc7)c6)c5c4)c32)cc1. The summed E-state index contributed by atoms with van der Waals surface area (Å²) in [7, 11) is -2.80. The molecule has 0 N–H and O–H groups in total. The number of benzene rings is 11. The van der Waals surface area contributed by atoms with Crippen LogP contribution in [0.25, 0.3) is 93.6 Å². The van der Waals surface area contributed by atoms with Crippen LogP contribution < -0.4 is 20.7 Å². The Morgan fingerprint density at radius 3 is 1.37 bits per heavy atom. The van der Waals surface area contributed by atoms with E-state index < -0.39 is 8.07 Å². The number of hydrogen-bond donors (Lipinski definition) is 0. The molecule has 4 heteroatoms. The first kappa shape index (κ1) is 40.1. The topological polar surface area (TPSA) is 14.8 Å². The largest absolute Gasteiger partial charge is 0.309 e. The summed E-state index contributed by atoms with van der Waals surface area (Å²) < 4.78 is 7.46. The Bertz CT molecular complexity index is 4180. The summed E-state index contributed by atoms with van der Waals surface area (Å²) in [6, 6.07) is 101. The molecule has 0 unspecified atom stereocenters. The molecule has 11 aromatic carbocycles. The summed E-state index contributed by atoms with van der Waals surface area (Å²) in [5.41, 5.74) is 12.9. The molecule has 14 rings (SSSR count). The van der Waals surface area contributed by atoms with Gasteiger partial charge in [0.2, 0.25) is 0 Å². The van der Waals surface area contributed by atoms with Gasteiger partial charge in [0.05, 0.1) is 38.8 Å². The zero-order valence-electron chi connectivity index (χ0n) is 38.3. The zero-order valence-corrected chi connectivity index (χ0v) is 39.3. The lowest BCUT2D eigenvalue weighted by atomic mass is 10.00. The van der Waals surface area contributed by atoms with Crippen molar-refractivity contribution in [3.63, 3.8) is 0 Å². The minimum absolute atomic E-state index is 1.15. The third-order valence-electron chi connectivity index (χ3n) is 14.8. The van der Waals surface area contributed by atoms with Crippen molar-refractivity contribution in [2.45, 2.75) is 0 Å². The molecule has 14 aromatic rings. The number of aromatic nitrogens is 3. The third kappa shape index (κ3) is 5.94. The molecule has 3 heterocycles. The molecule has 0 saturated carbocycles. The Morgan fingerprint density at radius 2 is 0.714 bits per heavy atom. The maximum absolute atomic E-state index is 2.80. The highest BCUT2D eigenvalue weighted by Gasteiger charge is 2.41. The fourth-order valence-corrected chi connectivity index (χ4v) is 16.7. The quantitative estimate of drug-likeness (QED) is 0.107. The maximum atomic E-state index is 2.52. The number of para-hydroxylation sites is 5. The van der Waals surface area contributed by atoms with E-state index in [1.165, 1.54) is 97.3 Å². The van der Waals surface area contributed by atoms with E-state index in [2.05, 4.69) is 287 Å². The van der Waals surface area contributed by atoms with Crippen LogP contribution in [0.3, 0.4) is 0 Å². The molecule has 0 aliphatic carbocycles. The van der Waals surface area contributed by atoms with E-state index in [0.29, 0.717) is 0 Å². The number of nitrogens with zero attached hydrogens (tertiary/aromatic N) is 3. The van der Waals surface area contributed by atoms with E-state index in [1.54, 1.807) is 0 Å². The molecule has 70 heavy (non-hydrogen) atoms. The third-order valence-corrected chi connectivity index (χ3v) is 19.5. The highest BCUT2D eigenvalue weighted by Crippen LogP contribution is 2.43. The van der Waals surface area contributed by atoms with Gasteiger partial charge in [-0.15, -0.1) is 0 Å². The summed E-state index contributed by atoms with van der Waals surface area (Å²) in [5.74, 6) is 0. The first-order valence-corrected chi connectivity index (χ1v) is 26.2. The Morgan fingerprint density at radius 1 is 0.257 bits per heavy atom. The van der Waals surface area contributed by atoms with Crippen LogP contribution in [0.1, 0.15) is 0 Å². The van der Waals surface area contributed by atoms with Gasteiger partial charge in [0.1, 0.15) is 0 Å². The monoisotopic (exact) mass is 907 g/mol. The Labute approximate surface area is 407 Å². The van der Waals surface area contributed by atoms with Crippen LogP contribution in [0, 0.1) is 0 Å². The highest BCUT2D eigenvalue weighted by atomic mass is 28.3. The molecule has 0 radical (unpaired) electrons. The van der Waals surface area contributed by atoms with Gasteiger partial charge in [0.25, 0.3) is 0 Å². The van der Waals surface area contributed by atoms with Crippen molar-refractivity contribution >= 4 is 94.2 Å². The molecule has 0 bridgehead atoms. The van der Waals surface area contributed by atoms with Gasteiger partial charge in [-0.2, -0.15) is 0 Å². The Hall–Kier alpha value is -8.96. The van der Waals surface area contributed by atoms with Crippen molar-refractivity contribution < 1.29 is 0 Å². The Kier molecular flexibility index (Phi) is 9.23. The van der Waals surface area contributed by atoms with Gasteiger partial charge in [-0.05, 0) is 87.0 Å². The van der Waals surface area contributed by atoms with Gasteiger partial charge in [-0.3, -0.25) is 0 Å². The van der Waals surface area contributed by atoms with Gasteiger partial charge >= 0.3 is 0 Å². The Balaban J connectivity index is 1.02. The van der Waals surface area contributed by atoms with Crippen molar-refractivity contribution in [2.75, 3.05) is 0 Å². The van der Waals surface area contributed by atoms with Crippen molar-refractivity contribution in [1.82, 2.24) is 13.7 Å². The zero-order chi connectivity index (χ0) is 46.2. The summed E-state index contributed by atoms with van der Waals surface area (Å²) >= 11 is 0. The lowest BCUT2D eigenvalue weighted by Gasteiger charge is -2.34. The van der Waals surface area contributed by atoms with E-state index in [4.69, 9.17) is 0 Å². The second-order valence-electron chi connectivity index (χ2n) is 18.4. The fourth-order valence-electron chi connectivity index (χ4n) is 11.9. The maximum Gasteiger partial charge on any atom is 0.179 e. The molecule has 328 valence electrons. The van der Waals surface area contributed by atoms with Crippen LogP contribution in [0.4, 0.5) is 0 Å². The fraction of sp³-hybridized carbons (Fsp3) is 0. The molecular weight excluding hydrogens is 863 g/mol. The van der Waals surface area contributed by atoms with Gasteiger partial charge in [0, 0.05) is 49.3 Å². The van der Waals surface area contributed by atoms with Gasteiger partial charge < -0.3 is 13.7 Å². The van der Waals surface area contributed by atoms with E-state index in [9.17, 15) is 0 Å². The van der Waals surface area contributed by atoms with Gasteiger partial charge in [-0.1, -0.05) is 212 Å². The van der Waals surface area contributed by atoms with Crippen molar-refractivity contribution in [1.29, 1.82) is 0 Å². The van der Waals surface area contributed by atoms with E-state index in [-0.39, 0.29) is 0 Å². The summed E-state index contributed by atoms with van der Waals surface area (Å²) in [5, 5.41) is 12.8. The molecule has 0 atom stereocenters. The molecule has 3 aromatic heterocycles. The summed E-state index contributed by atoms with van der Waals surface area (Å²) in [6.07, 6.45) is 0. The predicted octanol–water partition coefficient (Wildman–Crippen LogP) is 14.0. The van der Waals surface area contributed by atoms with E-state index in [1.807, 2.05) is 0 Å². The second kappa shape index (κ2) is 16.1. The van der Waals surface area contributed by atoms with Crippen molar-refractivity contribution in [3.8, 4) is 28.2 Å². The first-order valence-electron chi connectivity index (χ1n) is 24.2. The van der Waals surface area contributed by atoms with E-state index in [0.717, 1.165) is 17.1 Å². The standard InChI is InChI=1S/C66H45N3Si/c1-5-22-47(23-6-1)68-59-37-16-14-33-55(59)57-36-20-35-53(66(57)68)46-42-43-56-54-32-13-17-38-60(54)69(64(56)44-46)63-41-21-40-62-65(63)58-34-15-18-39-61(58)67(62)48-24-19-31-52(45-48)70(49-25-7-2-8-26-49,50-27-9-3-10-28-50)51-29-11-4-12-30-51/h1-45H. The molecule has 0 aliphatic rings. The molecule has 0 fully saturated rings. The summed E-state index contributed by atoms with van der Waals surface area (Å²) in [6.45, 7) is 0. The van der Waals surface area contributed by atoms with Crippen LogP contribution in [-0.2, 0) is 0 Å². The first-order chi connectivity index (χ1) is 34.8. The number of fused-ring (bicyclic) bond motifs is 9. The second-order valence-corrected chi connectivity index (χ2v) is 22.2. The average Bonchev–Trinajstić information content (AvgIpc) is 4.08. The van der Waals surface area contributed by atoms with Crippen molar-refractivity contribution in [3.05, 3.63) is 273 Å². The predicted molar refractivity (Wildman–Crippen MR) is 299 cm³/mol. The number of hydrogen-bond acceptors (Lipinski definition) is 0.